The summed E-state index contributed by atoms with van der Waals surface area (Å²) in [6.45, 7) is 4.98. The number of hydrogen-bond acceptors (Lipinski definition) is 5. The Balaban J connectivity index is 3.41. The van der Waals surface area contributed by atoms with Crippen molar-refractivity contribution in [3.05, 3.63) is 0 Å². The second kappa shape index (κ2) is 62.4. The van der Waals surface area contributed by atoms with Crippen molar-refractivity contribution in [3.63, 3.8) is 0 Å². The van der Waals surface area contributed by atoms with Gasteiger partial charge in [-0.05, 0) is 25.7 Å². The lowest BCUT2D eigenvalue weighted by atomic mass is 10.0. The number of esters is 1. The number of carbonyl (C=O) groups excluding carboxylic acids is 2. The summed E-state index contributed by atoms with van der Waals surface area (Å²) in [5, 5.41) is 23.4. The third kappa shape index (κ3) is 58.1. The van der Waals surface area contributed by atoms with Gasteiger partial charge in [0, 0.05) is 12.8 Å². The summed E-state index contributed by atoms with van der Waals surface area (Å²) in [6.07, 6.45) is 74.1. The molecule has 3 N–H and O–H groups in total. The van der Waals surface area contributed by atoms with E-state index in [1.54, 1.807) is 0 Å². The molecule has 0 aliphatic heterocycles. The molecule has 1 amide bonds. The first-order valence-electron chi connectivity index (χ1n) is 33.3. The summed E-state index contributed by atoms with van der Waals surface area (Å²) in [5.41, 5.74) is 0. The Hall–Kier alpha value is -1.14. The first kappa shape index (κ1) is 70.9. The Kier molecular flexibility index (Phi) is 61.4. The Bertz CT molecular complexity index is 1040. The topological polar surface area (TPSA) is 95.9 Å². The van der Waals surface area contributed by atoms with E-state index in [4.69, 9.17) is 4.74 Å². The lowest BCUT2D eigenvalue weighted by molar-refractivity contribution is -0.143. The van der Waals surface area contributed by atoms with Crippen LogP contribution in [-0.2, 0) is 14.3 Å². The van der Waals surface area contributed by atoms with Gasteiger partial charge in [-0.3, -0.25) is 9.59 Å². The molecule has 0 aromatic heterocycles. The number of aliphatic hydroxyl groups is 2. The van der Waals surface area contributed by atoms with Crippen LogP contribution in [0, 0.1) is 0 Å². The van der Waals surface area contributed by atoms with E-state index in [1.165, 1.54) is 302 Å². The molecule has 72 heavy (non-hydrogen) atoms. The third-order valence-corrected chi connectivity index (χ3v) is 15.9. The number of nitrogens with one attached hydrogen (secondary N) is 1. The monoisotopic (exact) mass is 1020 g/mol. The van der Waals surface area contributed by atoms with Gasteiger partial charge >= 0.3 is 5.97 Å². The predicted octanol–water partition coefficient (Wildman–Crippen LogP) is 21.0. The van der Waals surface area contributed by atoms with Gasteiger partial charge in [0.05, 0.1) is 25.4 Å². The Morgan fingerprint density at radius 2 is 0.569 bits per heavy atom. The van der Waals surface area contributed by atoms with Crippen LogP contribution in [0.3, 0.4) is 0 Å². The molecule has 0 spiro atoms. The summed E-state index contributed by atoms with van der Waals surface area (Å²) in [6, 6.07) is -0.551. The van der Waals surface area contributed by atoms with Crippen LogP contribution < -0.4 is 5.32 Å². The van der Waals surface area contributed by atoms with Gasteiger partial charge in [-0.2, -0.15) is 0 Å². The number of amides is 1. The fourth-order valence-electron chi connectivity index (χ4n) is 10.8. The highest BCUT2D eigenvalue weighted by molar-refractivity contribution is 5.76. The average molecular weight is 1020 g/mol. The first-order chi connectivity index (χ1) is 35.5. The molecule has 6 nitrogen and oxygen atoms in total. The van der Waals surface area contributed by atoms with Crippen molar-refractivity contribution in [2.24, 2.45) is 0 Å². The van der Waals surface area contributed by atoms with Crippen LogP contribution in [-0.4, -0.2) is 47.4 Å². The molecule has 0 aromatic carbocycles. The zero-order valence-electron chi connectivity index (χ0n) is 49.2. The van der Waals surface area contributed by atoms with Gasteiger partial charge in [0.2, 0.25) is 5.91 Å². The fourth-order valence-corrected chi connectivity index (χ4v) is 10.8. The summed E-state index contributed by atoms with van der Waals surface area (Å²) in [7, 11) is 0. The minimum Gasteiger partial charge on any atom is -0.466 e. The molecule has 430 valence electrons. The van der Waals surface area contributed by atoms with Gasteiger partial charge in [-0.25, -0.2) is 0 Å². The van der Waals surface area contributed by atoms with Gasteiger partial charge in [-0.1, -0.05) is 348 Å². The summed E-state index contributed by atoms with van der Waals surface area (Å²) < 4.78 is 5.50. The summed E-state index contributed by atoms with van der Waals surface area (Å²) >= 11 is 0. The molecule has 0 bridgehead atoms. The van der Waals surface area contributed by atoms with Crippen LogP contribution in [0.4, 0.5) is 0 Å². The minimum atomic E-state index is -0.673. The van der Waals surface area contributed by atoms with Crippen LogP contribution in [0.15, 0.2) is 0 Å². The van der Waals surface area contributed by atoms with Gasteiger partial charge in [0.25, 0.3) is 0 Å². The maximum absolute atomic E-state index is 12.5. The Morgan fingerprint density at radius 1 is 0.333 bits per heavy atom. The maximum Gasteiger partial charge on any atom is 0.305 e. The lowest BCUT2D eigenvalue weighted by Gasteiger charge is -2.22. The predicted molar refractivity (Wildman–Crippen MR) is 315 cm³/mol. The second-order valence-corrected chi connectivity index (χ2v) is 23.2. The van der Waals surface area contributed by atoms with Crippen LogP contribution in [0.1, 0.15) is 386 Å². The van der Waals surface area contributed by atoms with E-state index in [0.29, 0.717) is 25.9 Å². The normalized spacial score (nSPS) is 12.4. The largest absolute Gasteiger partial charge is 0.466 e. The van der Waals surface area contributed by atoms with Crippen LogP contribution in [0.2, 0.25) is 0 Å². The molecule has 0 saturated carbocycles. The third-order valence-electron chi connectivity index (χ3n) is 15.9. The highest BCUT2D eigenvalue weighted by Crippen LogP contribution is 2.19. The van der Waals surface area contributed by atoms with E-state index in [1.807, 2.05) is 0 Å². The molecule has 0 aliphatic rings. The zero-order chi connectivity index (χ0) is 52.2. The minimum absolute atomic E-state index is 0.000900. The molecular weight excluding hydrogens is 887 g/mol. The van der Waals surface area contributed by atoms with Crippen molar-refractivity contribution in [2.45, 2.75) is 398 Å². The molecule has 0 aliphatic carbocycles. The van der Waals surface area contributed by atoms with Crippen molar-refractivity contribution in [3.8, 4) is 0 Å². The fraction of sp³-hybridized carbons (Fsp3) is 0.970. The number of unbranched alkanes of at least 4 members (excludes halogenated alkanes) is 52. The second-order valence-electron chi connectivity index (χ2n) is 23.2. The van der Waals surface area contributed by atoms with Gasteiger partial charge in [-0.15, -0.1) is 0 Å². The lowest BCUT2D eigenvalue weighted by Crippen LogP contribution is -2.45. The summed E-state index contributed by atoms with van der Waals surface area (Å²) in [4.78, 5) is 24.6. The van der Waals surface area contributed by atoms with E-state index >= 15 is 0 Å². The van der Waals surface area contributed by atoms with Gasteiger partial charge < -0.3 is 20.3 Å². The van der Waals surface area contributed by atoms with Crippen molar-refractivity contribution >= 4 is 11.9 Å². The number of ether oxygens (including phenoxy) is 1. The SMILES string of the molecule is CCCCCCCCCCCCCCCCCCCCCCCCCCC(O)C(CO)NC(=O)CCCCCCCCCCCCCCCOC(=O)CCCCCCCCCCCCCCCCCCCC. The molecule has 0 saturated heterocycles. The van der Waals surface area contributed by atoms with E-state index in [0.717, 1.165) is 51.4 Å². The standard InChI is InChI=1S/C66H131NO5/c1-3-5-7-9-11-13-15-17-19-21-23-24-25-26-27-28-29-31-34-38-42-46-50-54-58-64(69)63(62-68)67-65(70)59-55-51-47-43-39-35-33-37-41-45-49-53-57-61-72-66(71)60-56-52-48-44-40-36-32-30-22-20-18-16-14-12-10-8-6-4-2/h63-64,68-69H,3-62H2,1-2H3,(H,67,70). The van der Waals surface area contributed by atoms with Crippen molar-refractivity contribution < 1.29 is 24.5 Å². The molecule has 0 aromatic rings. The highest BCUT2D eigenvalue weighted by atomic mass is 16.5. The highest BCUT2D eigenvalue weighted by Gasteiger charge is 2.20. The van der Waals surface area contributed by atoms with Crippen LogP contribution in [0.5, 0.6) is 0 Å². The maximum atomic E-state index is 12.5. The number of hydrogen-bond donors (Lipinski definition) is 3. The Morgan fingerprint density at radius 3 is 0.847 bits per heavy atom. The zero-order valence-corrected chi connectivity index (χ0v) is 49.2. The molecule has 0 heterocycles. The molecule has 0 fully saturated rings. The number of rotatable bonds is 63. The van der Waals surface area contributed by atoms with E-state index in [-0.39, 0.29) is 18.5 Å². The molecule has 2 unspecified atom stereocenters. The van der Waals surface area contributed by atoms with Gasteiger partial charge in [0.15, 0.2) is 0 Å². The van der Waals surface area contributed by atoms with Crippen molar-refractivity contribution in [1.82, 2.24) is 5.32 Å². The number of aliphatic hydroxyl groups excluding tert-OH is 2. The average Bonchev–Trinajstić information content (AvgIpc) is 3.38. The van der Waals surface area contributed by atoms with Gasteiger partial charge in [0.1, 0.15) is 0 Å². The van der Waals surface area contributed by atoms with Crippen LogP contribution in [0.25, 0.3) is 0 Å². The van der Waals surface area contributed by atoms with Crippen molar-refractivity contribution in [1.29, 1.82) is 0 Å². The van der Waals surface area contributed by atoms with Crippen LogP contribution >= 0.6 is 0 Å². The molecule has 0 rings (SSSR count). The Labute approximate surface area is 451 Å². The van der Waals surface area contributed by atoms with Crippen molar-refractivity contribution in [2.75, 3.05) is 13.2 Å². The summed E-state index contributed by atoms with van der Waals surface area (Å²) in [5.74, 6) is -0.0410. The first-order valence-corrected chi connectivity index (χ1v) is 33.3. The van der Waals surface area contributed by atoms with E-state index < -0.39 is 12.1 Å². The quantitative estimate of drug-likeness (QED) is 0.0417. The smallest absolute Gasteiger partial charge is 0.305 e. The molecule has 2 atom stereocenters. The van der Waals surface area contributed by atoms with E-state index in [2.05, 4.69) is 19.2 Å². The molecule has 0 radical (unpaired) electrons. The molecule has 6 heteroatoms. The molecular formula is C66H131NO5. The van der Waals surface area contributed by atoms with E-state index in [9.17, 15) is 19.8 Å². The number of carbonyl (C=O) groups is 2.